The third-order valence-electron chi connectivity index (χ3n) is 3.52. The Balaban J connectivity index is 2.12. The molecule has 1 unspecified atom stereocenters. The Bertz CT molecular complexity index is 667. The third-order valence-corrected chi connectivity index (χ3v) is 3.52. The van der Waals surface area contributed by atoms with Crippen LogP contribution in [0.25, 0.3) is 0 Å². The van der Waals surface area contributed by atoms with E-state index in [1.165, 1.54) is 0 Å². The van der Waals surface area contributed by atoms with Gasteiger partial charge in [-0.05, 0) is 25.5 Å². The average Bonchev–Trinajstić information content (AvgIpc) is 2.59. The van der Waals surface area contributed by atoms with Gasteiger partial charge in [0.1, 0.15) is 0 Å². The van der Waals surface area contributed by atoms with Gasteiger partial charge in [0.15, 0.2) is 6.10 Å². The Labute approximate surface area is 144 Å². The standard InChI is InChI=1S/C17H19NO7/c1-3-23-16(21)13(17(22)24-4-2)18-14(19)12-9-10-7-5-6-8-11(10)15(20)25-12/h5-8,12-13H,3-4,9H2,1-2H3,(H,18,19). The summed E-state index contributed by atoms with van der Waals surface area (Å²) < 4.78 is 14.6. The first-order valence-electron chi connectivity index (χ1n) is 7.90. The molecule has 1 aromatic carbocycles. The molecule has 0 aromatic heterocycles. The zero-order valence-electron chi connectivity index (χ0n) is 13.9. The van der Waals surface area contributed by atoms with E-state index in [2.05, 4.69) is 5.32 Å². The van der Waals surface area contributed by atoms with Gasteiger partial charge in [0.25, 0.3) is 5.91 Å². The molecule has 25 heavy (non-hydrogen) atoms. The highest BCUT2D eigenvalue weighted by Gasteiger charge is 2.37. The van der Waals surface area contributed by atoms with Crippen molar-refractivity contribution in [2.24, 2.45) is 0 Å². The number of amides is 1. The number of hydrogen-bond donors (Lipinski definition) is 1. The zero-order valence-corrected chi connectivity index (χ0v) is 13.9. The minimum Gasteiger partial charge on any atom is -0.464 e. The van der Waals surface area contributed by atoms with E-state index in [9.17, 15) is 19.2 Å². The fourth-order valence-electron chi connectivity index (χ4n) is 2.38. The van der Waals surface area contributed by atoms with Crippen molar-refractivity contribution < 1.29 is 33.4 Å². The van der Waals surface area contributed by atoms with Crippen molar-refractivity contribution in [2.75, 3.05) is 13.2 Å². The van der Waals surface area contributed by atoms with E-state index in [1.807, 2.05) is 0 Å². The first-order chi connectivity index (χ1) is 12.0. The van der Waals surface area contributed by atoms with Crippen LogP contribution in [0.3, 0.4) is 0 Å². The van der Waals surface area contributed by atoms with Crippen molar-refractivity contribution in [3.63, 3.8) is 0 Å². The highest BCUT2D eigenvalue weighted by Crippen LogP contribution is 2.20. The molecule has 0 saturated carbocycles. The van der Waals surface area contributed by atoms with Crippen LogP contribution >= 0.6 is 0 Å². The molecule has 0 spiro atoms. The van der Waals surface area contributed by atoms with Crippen molar-refractivity contribution in [1.29, 1.82) is 0 Å². The van der Waals surface area contributed by atoms with E-state index < -0.39 is 36.0 Å². The summed E-state index contributed by atoms with van der Waals surface area (Å²) in [6.07, 6.45) is -1.000. The molecule has 8 heteroatoms. The number of cyclic esters (lactones) is 1. The quantitative estimate of drug-likeness (QED) is 0.449. The van der Waals surface area contributed by atoms with Crippen LogP contribution in [0.15, 0.2) is 24.3 Å². The molecule has 1 atom stereocenters. The Hall–Kier alpha value is -2.90. The van der Waals surface area contributed by atoms with E-state index in [0.29, 0.717) is 11.1 Å². The molecule has 1 aliphatic rings. The number of carbonyl (C=O) groups is 4. The summed E-state index contributed by atoms with van der Waals surface area (Å²) in [6, 6.07) is 5.14. The topological polar surface area (TPSA) is 108 Å². The maximum atomic E-state index is 12.4. The van der Waals surface area contributed by atoms with Gasteiger partial charge in [0.05, 0.1) is 18.8 Å². The van der Waals surface area contributed by atoms with Crippen molar-refractivity contribution in [3.05, 3.63) is 35.4 Å². The molecular weight excluding hydrogens is 330 g/mol. The summed E-state index contributed by atoms with van der Waals surface area (Å²) in [4.78, 5) is 48.1. The van der Waals surface area contributed by atoms with Gasteiger partial charge in [-0.15, -0.1) is 0 Å². The number of carbonyl (C=O) groups excluding carboxylic acids is 4. The van der Waals surface area contributed by atoms with Crippen molar-refractivity contribution >= 4 is 23.8 Å². The first kappa shape index (κ1) is 18.4. The van der Waals surface area contributed by atoms with Gasteiger partial charge in [-0.1, -0.05) is 18.2 Å². The maximum absolute atomic E-state index is 12.4. The lowest BCUT2D eigenvalue weighted by molar-refractivity contribution is -0.160. The second-order valence-corrected chi connectivity index (χ2v) is 5.20. The number of ether oxygens (including phenoxy) is 3. The van der Waals surface area contributed by atoms with Gasteiger partial charge in [-0.3, -0.25) is 4.79 Å². The van der Waals surface area contributed by atoms with E-state index in [4.69, 9.17) is 14.2 Å². The minimum absolute atomic E-state index is 0.0381. The predicted octanol–water partition coefficient (Wildman–Crippen LogP) is 0.379. The first-order valence-corrected chi connectivity index (χ1v) is 7.90. The average molecular weight is 349 g/mol. The Kier molecular flexibility index (Phi) is 6.10. The van der Waals surface area contributed by atoms with E-state index >= 15 is 0 Å². The molecule has 0 fully saturated rings. The lowest BCUT2D eigenvalue weighted by atomic mass is 9.98. The van der Waals surface area contributed by atoms with Crippen LogP contribution in [0, 0.1) is 0 Å². The zero-order chi connectivity index (χ0) is 18.4. The Morgan fingerprint density at radius 1 is 1.16 bits per heavy atom. The fourth-order valence-corrected chi connectivity index (χ4v) is 2.38. The van der Waals surface area contributed by atoms with Gasteiger partial charge in [0, 0.05) is 6.42 Å². The Morgan fingerprint density at radius 3 is 2.36 bits per heavy atom. The summed E-state index contributed by atoms with van der Waals surface area (Å²) in [5.41, 5.74) is 1.04. The number of hydrogen-bond acceptors (Lipinski definition) is 7. The van der Waals surface area contributed by atoms with Crippen LogP contribution < -0.4 is 5.32 Å². The number of benzene rings is 1. The van der Waals surface area contributed by atoms with Gasteiger partial charge in [-0.2, -0.15) is 0 Å². The normalized spacial score (nSPS) is 15.8. The lowest BCUT2D eigenvalue weighted by Gasteiger charge is -2.25. The molecule has 1 N–H and O–H groups in total. The van der Waals surface area contributed by atoms with Gasteiger partial charge in [0.2, 0.25) is 6.04 Å². The smallest absolute Gasteiger partial charge is 0.340 e. The fraction of sp³-hybridized carbons (Fsp3) is 0.412. The third kappa shape index (κ3) is 4.34. The van der Waals surface area contributed by atoms with Crippen LogP contribution in [-0.4, -0.2) is 49.2 Å². The molecule has 134 valence electrons. The molecule has 0 saturated heterocycles. The summed E-state index contributed by atoms with van der Waals surface area (Å²) in [6.45, 7) is 3.22. The highest BCUT2D eigenvalue weighted by molar-refractivity contribution is 6.03. The van der Waals surface area contributed by atoms with E-state index in [1.54, 1.807) is 38.1 Å². The van der Waals surface area contributed by atoms with Crippen LogP contribution in [0.1, 0.15) is 29.8 Å². The highest BCUT2D eigenvalue weighted by atomic mass is 16.6. The van der Waals surface area contributed by atoms with Crippen LogP contribution in [0.2, 0.25) is 0 Å². The second kappa shape index (κ2) is 8.27. The van der Waals surface area contributed by atoms with Gasteiger partial charge < -0.3 is 19.5 Å². The van der Waals surface area contributed by atoms with E-state index in [-0.39, 0.29) is 19.6 Å². The SMILES string of the molecule is CCOC(=O)C(NC(=O)C1Cc2ccccc2C(=O)O1)C(=O)OCC. The van der Waals surface area contributed by atoms with Crippen molar-refractivity contribution in [1.82, 2.24) is 5.32 Å². The maximum Gasteiger partial charge on any atom is 0.340 e. The van der Waals surface area contributed by atoms with Crippen molar-refractivity contribution in [3.8, 4) is 0 Å². The minimum atomic E-state index is -1.61. The molecule has 1 aliphatic heterocycles. The molecule has 0 radical (unpaired) electrons. The molecule has 1 heterocycles. The summed E-state index contributed by atoms with van der Waals surface area (Å²) >= 11 is 0. The second-order valence-electron chi connectivity index (χ2n) is 5.20. The van der Waals surface area contributed by atoms with E-state index in [0.717, 1.165) is 0 Å². The monoisotopic (exact) mass is 349 g/mol. The summed E-state index contributed by atoms with van der Waals surface area (Å²) in [5, 5.41) is 2.24. The van der Waals surface area contributed by atoms with Crippen LogP contribution in [0.5, 0.6) is 0 Å². The van der Waals surface area contributed by atoms with Crippen molar-refractivity contribution in [2.45, 2.75) is 32.4 Å². The molecule has 8 nitrogen and oxygen atoms in total. The number of fused-ring (bicyclic) bond motifs is 1. The van der Waals surface area contributed by atoms with Crippen LogP contribution in [0.4, 0.5) is 0 Å². The molecule has 2 rings (SSSR count). The predicted molar refractivity (Wildman–Crippen MR) is 84.5 cm³/mol. The molecule has 0 bridgehead atoms. The molecule has 0 aliphatic carbocycles. The molecule has 1 amide bonds. The molecular formula is C17H19NO7. The summed E-state index contributed by atoms with van der Waals surface area (Å²) in [7, 11) is 0. The largest absolute Gasteiger partial charge is 0.464 e. The Morgan fingerprint density at radius 2 is 1.76 bits per heavy atom. The number of rotatable bonds is 6. The lowest BCUT2D eigenvalue weighted by Crippen LogP contribution is -2.53. The van der Waals surface area contributed by atoms with Gasteiger partial charge >= 0.3 is 17.9 Å². The van der Waals surface area contributed by atoms with Crippen LogP contribution in [-0.2, 0) is 35.0 Å². The molecule has 1 aromatic rings. The summed E-state index contributed by atoms with van der Waals surface area (Å²) in [5.74, 6) is -3.27. The number of nitrogens with one attached hydrogen (secondary N) is 1. The number of esters is 3. The van der Waals surface area contributed by atoms with Gasteiger partial charge in [-0.25, -0.2) is 14.4 Å².